The van der Waals surface area contributed by atoms with Crippen LogP contribution in [0.4, 0.5) is 0 Å². The molecule has 1 atom stereocenters. The van der Waals surface area contributed by atoms with E-state index in [4.69, 9.17) is 9.84 Å². The SMILES string of the molecule is CCOCC(C)NS(=O)(=O)c1cc(C)c(CO)s1. The molecule has 0 fully saturated rings. The summed E-state index contributed by atoms with van der Waals surface area (Å²) in [6.45, 7) is 6.15. The van der Waals surface area contributed by atoms with Crippen molar-refractivity contribution in [2.24, 2.45) is 0 Å². The topological polar surface area (TPSA) is 75.6 Å². The van der Waals surface area contributed by atoms with Crippen LogP contribution in [0, 0.1) is 6.92 Å². The van der Waals surface area contributed by atoms with E-state index in [1.165, 1.54) is 0 Å². The standard InChI is InChI=1S/C11H19NO4S2/c1-4-16-7-9(3)12-18(14,15)11-5-8(2)10(6-13)17-11/h5,9,12-13H,4,6-7H2,1-3H3. The molecule has 0 radical (unpaired) electrons. The minimum absolute atomic E-state index is 0.138. The minimum atomic E-state index is -3.52. The van der Waals surface area contributed by atoms with Gasteiger partial charge in [-0.15, -0.1) is 11.3 Å². The Morgan fingerprint density at radius 2 is 2.22 bits per heavy atom. The number of hydrogen-bond donors (Lipinski definition) is 2. The maximum atomic E-state index is 12.0. The first-order valence-electron chi connectivity index (χ1n) is 5.71. The van der Waals surface area contributed by atoms with Gasteiger partial charge in [0, 0.05) is 17.5 Å². The molecule has 1 aromatic heterocycles. The maximum absolute atomic E-state index is 12.0. The molecule has 0 aliphatic rings. The van der Waals surface area contributed by atoms with E-state index in [9.17, 15) is 8.42 Å². The fraction of sp³-hybridized carbons (Fsp3) is 0.636. The lowest BCUT2D eigenvalue weighted by molar-refractivity contribution is 0.133. The van der Waals surface area contributed by atoms with Crippen molar-refractivity contribution in [3.63, 3.8) is 0 Å². The van der Waals surface area contributed by atoms with Gasteiger partial charge in [0.05, 0.1) is 13.2 Å². The minimum Gasteiger partial charge on any atom is -0.391 e. The number of sulfonamides is 1. The summed E-state index contributed by atoms with van der Waals surface area (Å²) in [6.07, 6.45) is 0. The molecule has 0 aliphatic heterocycles. The van der Waals surface area contributed by atoms with Gasteiger partial charge >= 0.3 is 0 Å². The highest BCUT2D eigenvalue weighted by Gasteiger charge is 2.20. The van der Waals surface area contributed by atoms with Crippen molar-refractivity contribution in [2.75, 3.05) is 13.2 Å². The average Bonchev–Trinajstić information content (AvgIpc) is 2.68. The van der Waals surface area contributed by atoms with E-state index < -0.39 is 10.0 Å². The average molecular weight is 293 g/mol. The van der Waals surface area contributed by atoms with Gasteiger partial charge in [0.1, 0.15) is 4.21 Å². The summed E-state index contributed by atoms with van der Waals surface area (Å²) in [5.74, 6) is 0. The van der Waals surface area contributed by atoms with E-state index in [0.29, 0.717) is 18.1 Å². The number of ether oxygens (including phenoxy) is 1. The van der Waals surface area contributed by atoms with Crippen molar-refractivity contribution in [3.8, 4) is 0 Å². The summed E-state index contributed by atoms with van der Waals surface area (Å²) in [4.78, 5) is 0.674. The lowest BCUT2D eigenvalue weighted by Crippen LogP contribution is -2.35. The van der Waals surface area contributed by atoms with Gasteiger partial charge in [0.2, 0.25) is 10.0 Å². The molecule has 0 aliphatic carbocycles. The number of rotatable bonds is 7. The molecule has 0 saturated carbocycles. The van der Waals surface area contributed by atoms with E-state index in [-0.39, 0.29) is 16.9 Å². The van der Waals surface area contributed by atoms with Crippen LogP contribution in [0.1, 0.15) is 24.3 Å². The highest BCUT2D eigenvalue weighted by Crippen LogP contribution is 2.25. The molecule has 0 saturated heterocycles. The van der Waals surface area contributed by atoms with Gasteiger partial charge in [-0.3, -0.25) is 0 Å². The van der Waals surface area contributed by atoms with Gasteiger partial charge in [-0.25, -0.2) is 13.1 Å². The van der Waals surface area contributed by atoms with Gasteiger partial charge in [-0.2, -0.15) is 0 Å². The quantitative estimate of drug-likeness (QED) is 0.793. The molecule has 104 valence electrons. The summed E-state index contributed by atoms with van der Waals surface area (Å²) in [5.41, 5.74) is 0.792. The van der Waals surface area contributed by atoms with E-state index in [1.807, 2.05) is 6.92 Å². The van der Waals surface area contributed by atoms with Crippen LogP contribution in [0.5, 0.6) is 0 Å². The third-order valence-corrected chi connectivity index (χ3v) is 5.62. The van der Waals surface area contributed by atoms with Gasteiger partial charge < -0.3 is 9.84 Å². The highest BCUT2D eigenvalue weighted by molar-refractivity contribution is 7.91. The summed E-state index contributed by atoms with van der Waals surface area (Å²) < 4.78 is 32.0. The molecule has 5 nitrogen and oxygen atoms in total. The number of aliphatic hydroxyl groups is 1. The zero-order valence-electron chi connectivity index (χ0n) is 10.8. The molecule has 1 unspecified atom stereocenters. The fourth-order valence-corrected chi connectivity index (χ4v) is 4.12. The number of aliphatic hydroxyl groups excluding tert-OH is 1. The van der Waals surface area contributed by atoms with Crippen molar-refractivity contribution in [1.82, 2.24) is 4.72 Å². The molecule has 0 aromatic carbocycles. The Balaban J connectivity index is 2.79. The molecule has 1 heterocycles. The molecule has 1 aromatic rings. The first-order chi connectivity index (χ1) is 8.40. The van der Waals surface area contributed by atoms with Gasteiger partial charge in [-0.05, 0) is 32.4 Å². The van der Waals surface area contributed by atoms with Crippen LogP contribution in [0.3, 0.4) is 0 Å². The summed E-state index contributed by atoms with van der Waals surface area (Å²) in [6, 6.07) is 1.29. The van der Waals surface area contributed by atoms with Gasteiger partial charge in [0.15, 0.2) is 0 Å². The van der Waals surface area contributed by atoms with Crippen molar-refractivity contribution < 1.29 is 18.3 Å². The Hall–Kier alpha value is -0.470. The number of aryl methyl sites for hydroxylation is 1. The van der Waals surface area contributed by atoms with Gasteiger partial charge in [-0.1, -0.05) is 0 Å². The third-order valence-electron chi connectivity index (χ3n) is 2.33. The zero-order valence-corrected chi connectivity index (χ0v) is 12.4. The molecular weight excluding hydrogens is 274 g/mol. The smallest absolute Gasteiger partial charge is 0.250 e. The molecule has 2 N–H and O–H groups in total. The lowest BCUT2D eigenvalue weighted by atomic mass is 10.3. The van der Waals surface area contributed by atoms with Gasteiger partial charge in [0.25, 0.3) is 0 Å². The molecule has 0 spiro atoms. The van der Waals surface area contributed by atoms with Crippen molar-refractivity contribution >= 4 is 21.4 Å². The van der Waals surface area contributed by atoms with Crippen molar-refractivity contribution in [2.45, 2.75) is 37.6 Å². The Labute approximate surface area is 112 Å². The van der Waals surface area contributed by atoms with E-state index >= 15 is 0 Å². The zero-order chi connectivity index (χ0) is 13.8. The first kappa shape index (κ1) is 15.6. The predicted octanol–water partition coefficient (Wildman–Crippen LogP) is 1.25. The summed E-state index contributed by atoms with van der Waals surface area (Å²) >= 11 is 1.09. The van der Waals surface area contributed by atoms with Crippen LogP contribution < -0.4 is 4.72 Å². The number of nitrogens with one attached hydrogen (secondary N) is 1. The predicted molar refractivity (Wildman–Crippen MR) is 71.3 cm³/mol. The Morgan fingerprint density at radius 3 is 2.72 bits per heavy atom. The molecular formula is C11H19NO4S2. The molecule has 0 amide bonds. The third kappa shape index (κ3) is 4.03. The van der Waals surface area contributed by atoms with Crippen LogP contribution in [-0.2, 0) is 21.4 Å². The van der Waals surface area contributed by atoms with Crippen LogP contribution in [0.2, 0.25) is 0 Å². The van der Waals surface area contributed by atoms with E-state index in [2.05, 4.69) is 4.72 Å². The lowest BCUT2D eigenvalue weighted by Gasteiger charge is -2.12. The molecule has 0 bridgehead atoms. The maximum Gasteiger partial charge on any atom is 0.250 e. The van der Waals surface area contributed by atoms with Crippen LogP contribution in [0.15, 0.2) is 10.3 Å². The number of hydrogen-bond acceptors (Lipinski definition) is 5. The molecule has 1 rings (SSSR count). The first-order valence-corrected chi connectivity index (χ1v) is 8.01. The summed E-state index contributed by atoms with van der Waals surface area (Å²) in [7, 11) is -3.52. The fourth-order valence-electron chi connectivity index (χ4n) is 1.43. The summed E-state index contributed by atoms with van der Waals surface area (Å²) in [5, 5.41) is 9.07. The monoisotopic (exact) mass is 293 g/mol. The molecule has 7 heteroatoms. The highest BCUT2D eigenvalue weighted by atomic mass is 32.2. The van der Waals surface area contributed by atoms with Crippen LogP contribution in [-0.4, -0.2) is 32.8 Å². The molecule has 18 heavy (non-hydrogen) atoms. The normalized spacial score (nSPS) is 13.8. The largest absolute Gasteiger partial charge is 0.391 e. The Bertz CT molecular complexity index is 481. The number of thiophene rings is 1. The van der Waals surface area contributed by atoms with Crippen LogP contribution in [0.25, 0.3) is 0 Å². The van der Waals surface area contributed by atoms with Crippen molar-refractivity contribution in [3.05, 3.63) is 16.5 Å². The van der Waals surface area contributed by atoms with E-state index in [1.54, 1.807) is 19.9 Å². The van der Waals surface area contributed by atoms with Crippen LogP contribution >= 0.6 is 11.3 Å². The second-order valence-corrected chi connectivity index (χ2v) is 7.09. The van der Waals surface area contributed by atoms with Crippen molar-refractivity contribution in [1.29, 1.82) is 0 Å². The Kier molecular flexibility index (Phi) is 5.74. The second-order valence-electron chi connectivity index (χ2n) is 4.01. The Morgan fingerprint density at radius 1 is 1.56 bits per heavy atom. The second kappa shape index (κ2) is 6.63. The van der Waals surface area contributed by atoms with E-state index in [0.717, 1.165) is 16.9 Å².